The molecule has 20 heavy (non-hydrogen) atoms. The Balaban J connectivity index is 2.99. The van der Waals surface area contributed by atoms with Crippen molar-refractivity contribution in [2.45, 2.75) is 46.6 Å². The van der Waals surface area contributed by atoms with Gasteiger partial charge in [0.2, 0.25) is 0 Å². The van der Waals surface area contributed by atoms with Gasteiger partial charge in [-0.25, -0.2) is 4.98 Å². The monoisotopic (exact) mass is 299 g/mol. The number of anilines is 1. The molecule has 0 radical (unpaired) electrons. The quantitative estimate of drug-likeness (QED) is 0.800. The molecule has 0 bridgehead atoms. The van der Waals surface area contributed by atoms with Gasteiger partial charge in [0.1, 0.15) is 0 Å². The average molecular weight is 299 g/mol. The normalized spacial score (nSPS) is 11.9. The van der Waals surface area contributed by atoms with Crippen LogP contribution < -0.4 is 10.2 Å². The molecule has 1 rings (SSSR count). The standard InChI is InChI=1S/C15H29N3OS/c1-7-16-11-12-13(15(3,4)5)17-14(20-12)18(8-2)9-10-19-6/h16H,7-11H2,1-6H3. The van der Waals surface area contributed by atoms with Crippen LogP contribution >= 0.6 is 11.3 Å². The average Bonchev–Trinajstić information content (AvgIpc) is 2.81. The number of thiazole rings is 1. The van der Waals surface area contributed by atoms with E-state index < -0.39 is 0 Å². The third kappa shape index (κ3) is 4.72. The minimum absolute atomic E-state index is 0.0835. The zero-order chi connectivity index (χ0) is 15.2. The summed E-state index contributed by atoms with van der Waals surface area (Å²) in [6.45, 7) is 15.5. The van der Waals surface area contributed by atoms with E-state index in [9.17, 15) is 0 Å². The van der Waals surface area contributed by atoms with Crippen molar-refractivity contribution in [3.63, 3.8) is 0 Å². The highest BCUT2D eigenvalue weighted by Gasteiger charge is 2.24. The summed E-state index contributed by atoms with van der Waals surface area (Å²) < 4.78 is 5.19. The second-order valence-electron chi connectivity index (χ2n) is 5.87. The molecule has 1 aromatic rings. The maximum absolute atomic E-state index is 5.19. The molecule has 0 aromatic carbocycles. The molecule has 1 aromatic heterocycles. The number of hydrogen-bond donors (Lipinski definition) is 1. The summed E-state index contributed by atoms with van der Waals surface area (Å²) in [5, 5.41) is 4.53. The highest BCUT2D eigenvalue weighted by molar-refractivity contribution is 7.15. The largest absolute Gasteiger partial charge is 0.383 e. The molecule has 1 N–H and O–H groups in total. The predicted molar refractivity (Wildman–Crippen MR) is 88.0 cm³/mol. The number of likely N-dealkylation sites (N-methyl/N-ethyl adjacent to an activating group) is 1. The van der Waals surface area contributed by atoms with Gasteiger partial charge in [0.25, 0.3) is 0 Å². The number of rotatable bonds is 8. The molecule has 0 aliphatic rings. The Bertz CT molecular complexity index is 398. The summed E-state index contributed by atoms with van der Waals surface area (Å²) in [4.78, 5) is 8.55. The van der Waals surface area contributed by atoms with E-state index in [1.165, 1.54) is 10.6 Å². The second-order valence-corrected chi connectivity index (χ2v) is 6.93. The number of aromatic nitrogens is 1. The van der Waals surface area contributed by atoms with E-state index >= 15 is 0 Å². The van der Waals surface area contributed by atoms with Gasteiger partial charge in [-0.1, -0.05) is 27.7 Å². The smallest absolute Gasteiger partial charge is 0.185 e. The minimum Gasteiger partial charge on any atom is -0.383 e. The van der Waals surface area contributed by atoms with Crippen molar-refractivity contribution in [3.8, 4) is 0 Å². The first-order valence-corrected chi connectivity index (χ1v) is 8.20. The van der Waals surface area contributed by atoms with E-state index in [0.29, 0.717) is 0 Å². The lowest BCUT2D eigenvalue weighted by Gasteiger charge is -2.20. The zero-order valence-corrected chi connectivity index (χ0v) is 14.6. The first-order chi connectivity index (χ1) is 9.43. The van der Waals surface area contributed by atoms with Gasteiger partial charge in [0.05, 0.1) is 12.3 Å². The van der Waals surface area contributed by atoms with Crippen LogP contribution in [-0.4, -0.2) is 38.3 Å². The number of methoxy groups -OCH3 is 1. The van der Waals surface area contributed by atoms with Crippen molar-refractivity contribution in [2.75, 3.05) is 38.3 Å². The van der Waals surface area contributed by atoms with Crippen molar-refractivity contribution in [1.29, 1.82) is 0 Å². The van der Waals surface area contributed by atoms with Crippen LogP contribution in [-0.2, 0) is 16.7 Å². The number of nitrogens with one attached hydrogen (secondary N) is 1. The zero-order valence-electron chi connectivity index (χ0n) is 13.7. The summed E-state index contributed by atoms with van der Waals surface area (Å²) in [5.41, 5.74) is 1.30. The van der Waals surface area contributed by atoms with Gasteiger partial charge in [-0.15, -0.1) is 11.3 Å². The second kappa shape index (κ2) is 7.96. The predicted octanol–water partition coefficient (Wildman–Crippen LogP) is 3.02. The molecular formula is C15H29N3OS. The summed E-state index contributed by atoms with van der Waals surface area (Å²) in [6.07, 6.45) is 0. The summed E-state index contributed by atoms with van der Waals surface area (Å²) in [5.74, 6) is 0. The van der Waals surface area contributed by atoms with E-state index in [4.69, 9.17) is 9.72 Å². The third-order valence-corrected chi connectivity index (χ3v) is 4.27. The van der Waals surface area contributed by atoms with Gasteiger partial charge in [-0.05, 0) is 13.5 Å². The molecule has 0 amide bonds. The molecule has 0 fully saturated rings. The molecule has 0 aliphatic carbocycles. The van der Waals surface area contributed by atoms with Crippen molar-refractivity contribution < 1.29 is 4.74 Å². The van der Waals surface area contributed by atoms with Gasteiger partial charge < -0.3 is 15.0 Å². The van der Waals surface area contributed by atoms with Gasteiger partial charge >= 0.3 is 0 Å². The maximum atomic E-state index is 5.19. The molecule has 0 saturated carbocycles. The summed E-state index contributed by atoms with van der Waals surface area (Å²) in [6, 6.07) is 0. The number of hydrogen-bond acceptors (Lipinski definition) is 5. The summed E-state index contributed by atoms with van der Waals surface area (Å²) in [7, 11) is 1.74. The van der Waals surface area contributed by atoms with E-state index in [2.05, 4.69) is 44.8 Å². The van der Waals surface area contributed by atoms with Crippen LogP contribution in [0.5, 0.6) is 0 Å². The Morgan fingerprint density at radius 1 is 1.30 bits per heavy atom. The Morgan fingerprint density at radius 2 is 2.00 bits per heavy atom. The molecule has 1 heterocycles. The Morgan fingerprint density at radius 3 is 2.50 bits per heavy atom. The molecule has 0 spiro atoms. The Kier molecular flexibility index (Phi) is 6.92. The third-order valence-electron chi connectivity index (χ3n) is 3.15. The van der Waals surface area contributed by atoms with E-state index in [0.717, 1.165) is 37.9 Å². The lowest BCUT2D eigenvalue weighted by atomic mass is 9.91. The van der Waals surface area contributed by atoms with E-state index in [1.807, 2.05) is 0 Å². The van der Waals surface area contributed by atoms with Gasteiger partial charge in [-0.3, -0.25) is 0 Å². The molecule has 0 atom stereocenters. The van der Waals surface area contributed by atoms with Crippen LogP contribution in [0.2, 0.25) is 0 Å². The fraction of sp³-hybridized carbons (Fsp3) is 0.800. The highest BCUT2D eigenvalue weighted by atomic mass is 32.1. The summed E-state index contributed by atoms with van der Waals surface area (Å²) >= 11 is 1.81. The van der Waals surface area contributed by atoms with Crippen LogP contribution in [0.15, 0.2) is 0 Å². The fourth-order valence-corrected chi connectivity index (χ4v) is 3.34. The van der Waals surface area contributed by atoms with Crippen molar-refractivity contribution in [1.82, 2.24) is 10.3 Å². The molecule has 5 heteroatoms. The van der Waals surface area contributed by atoms with Gasteiger partial charge in [0, 0.05) is 37.0 Å². The van der Waals surface area contributed by atoms with E-state index in [1.54, 1.807) is 18.4 Å². The first kappa shape index (κ1) is 17.4. The maximum Gasteiger partial charge on any atom is 0.185 e. The van der Waals surface area contributed by atoms with Gasteiger partial charge in [-0.2, -0.15) is 0 Å². The van der Waals surface area contributed by atoms with Crippen molar-refractivity contribution >= 4 is 16.5 Å². The van der Waals surface area contributed by atoms with Crippen LogP contribution in [0, 0.1) is 0 Å². The van der Waals surface area contributed by atoms with Crippen LogP contribution in [0.1, 0.15) is 45.2 Å². The molecule has 0 saturated heterocycles. The topological polar surface area (TPSA) is 37.4 Å². The Hall–Kier alpha value is -0.650. The van der Waals surface area contributed by atoms with Crippen molar-refractivity contribution in [3.05, 3.63) is 10.6 Å². The fourth-order valence-electron chi connectivity index (χ4n) is 2.01. The van der Waals surface area contributed by atoms with Crippen LogP contribution in [0.25, 0.3) is 0 Å². The van der Waals surface area contributed by atoms with Crippen LogP contribution in [0.3, 0.4) is 0 Å². The molecular weight excluding hydrogens is 270 g/mol. The SMILES string of the molecule is CCNCc1sc(N(CC)CCOC)nc1C(C)(C)C. The van der Waals surface area contributed by atoms with Crippen LogP contribution in [0.4, 0.5) is 5.13 Å². The molecule has 0 aliphatic heterocycles. The molecule has 116 valence electrons. The van der Waals surface area contributed by atoms with Gasteiger partial charge in [0.15, 0.2) is 5.13 Å². The first-order valence-electron chi connectivity index (χ1n) is 7.38. The van der Waals surface area contributed by atoms with Crippen molar-refractivity contribution in [2.24, 2.45) is 0 Å². The minimum atomic E-state index is 0.0835. The van der Waals surface area contributed by atoms with E-state index in [-0.39, 0.29) is 5.41 Å². The lowest BCUT2D eigenvalue weighted by Crippen LogP contribution is -2.27. The Labute approximate surface area is 127 Å². The number of nitrogens with zero attached hydrogens (tertiary/aromatic N) is 2. The number of ether oxygens (including phenoxy) is 1. The lowest BCUT2D eigenvalue weighted by molar-refractivity contribution is 0.205. The molecule has 4 nitrogen and oxygen atoms in total. The highest BCUT2D eigenvalue weighted by Crippen LogP contribution is 2.33. The molecule has 0 unspecified atom stereocenters.